The number of fused-ring (bicyclic) bond motifs is 1. The van der Waals surface area contributed by atoms with Crippen LogP contribution < -0.4 is 5.73 Å². The van der Waals surface area contributed by atoms with Gasteiger partial charge in [-0.3, -0.25) is 9.69 Å². The van der Waals surface area contributed by atoms with Crippen LogP contribution in [0.3, 0.4) is 0 Å². The molecule has 0 radical (unpaired) electrons. The van der Waals surface area contributed by atoms with E-state index in [4.69, 9.17) is 10.8 Å². The molecule has 3 rings (SSSR count). The van der Waals surface area contributed by atoms with Gasteiger partial charge >= 0.3 is 5.97 Å². The van der Waals surface area contributed by atoms with E-state index in [9.17, 15) is 9.59 Å². The highest BCUT2D eigenvalue weighted by molar-refractivity contribution is 8.04. The summed E-state index contributed by atoms with van der Waals surface area (Å²) in [4.78, 5) is 24.6. The van der Waals surface area contributed by atoms with E-state index in [0.717, 1.165) is 11.3 Å². The molecular formula is C9H10N2O3S. The first-order chi connectivity index (χ1) is 7.09. The lowest BCUT2D eigenvalue weighted by molar-refractivity contribution is -0.145. The number of carboxylic acid groups (broad SMARTS) is 1. The van der Waals surface area contributed by atoms with E-state index in [1.165, 1.54) is 16.7 Å². The molecule has 3 aliphatic rings. The lowest BCUT2D eigenvalue weighted by Gasteiger charge is -2.33. The second kappa shape index (κ2) is 2.76. The molecule has 0 aromatic carbocycles. The number of nitrogens with zero attached hydrogens (tertiary/aromatic N) is 1. The van der Waals surface area contributed by atoms with Crippen molar-refractivity contribution in [1.82, 2.24) is 4.90 Å². The number of amides is 1. The van der Waals surface area contributed by atoms with E-state index in [1.807, 2.05) is 0 Å². The second-order valence-electron chi connectivity index (χ2n) is 4.06. The Labute approximate surface area is 90.3 Å². The molecule has 6 heteroatoms. The number of nitrogens with two attached hydrogens (primary N) is 1. The topological polar surface area (TPSA) is 83.6 Å². The van der Waals surface area contributed by atoms with Gasteiger partial charge in [0.25, 0.3) is 0 Å². The lowest BCUT2D eigenvalue weighted by atomic mass is 10.1. The summed E-state index contributed by atoms with van der Waals surface area (Å²) in [5.74, 6) is -0.930. The second-order valence-corrected chi connectivity index (χ2v) is 5.28. The number of aliphatic carboxylic acids is 1. The molecule has 0 bridgehead atoms. The molecule has 3 atom stereocenters. The van der Waals surface area contributed by atoms with Gasteiger partial charge in [-0.15, -0.1) is 11.8 Å². The van der Waals surface area contributed by atoms with Gasteiger partial charge in [0.05, 0.1) is 11.8 Å². The molecule has 2 fully saturated rings. The van der Waals surface area contributed by atoms with Crippen molar-refractivity contribution in [2.45, 2.75) is 24.3 Å². The third-order valence-electron chi connectivity index (χ3n) is 3.02. The predicted molar refractivity (Wildman–Crippen MR) is 53.6 cm³/mol. The quantitative estimate of drug-likeness (QED) is 0.644. The zero-order valence-electron chi connectivity index (χ0n) is 7.84. The van der Waals surface area contributed by atoms with Crippen molar-refractivity contribution in [3.05, 3.63) is 10.6 Å². The van der Waals surface area contributed by atoms with Crippen LogP contribution in [0.1, 0.15) is 12.8 Å². The zero-order chi connectivity index (χ0) is 10.7. The summed E-state index contributed by atoms with van der Waals surface area (Å²) in [7, 11) is 0. The summed E-state index contributed by atoms with van der Waals surface area (Å²) in [6, 6.07) is 0.0793. The summed E-state index contributed by atoms with van der Waals surface area (Å²) in [6.45, 7) is 0. The Hall–Kier alpha value is -1.01. The zero-order valence-corrected chi connectivity index (χ0v) is 8.66. The van der Waals surface area contributed by atoms with E-state index in [0.29, 0.717) is 6.42 Å². The maximum Gasteiger partial charge on any atom is 0.353 e. The van der Waals surface area contributed by atoms with Crippen molar-refractivity contribution < 1.29 is 14.7 Å². The van der Waals surface area contributed by atoms with Crippen LogP contribution in [0.2, 0.25) is 0 Å². The molecule has 1 aliphatic carbocycles. The summed E-state index contributed by atoms with van der Waals surface area (Å²) < 4.78 is 0. The van der Waals surface area contributed by atoms with E-state index in [1.54, 1.807) is 0 Å². The highest BCUT2D eigenvalue weighted by Crippen LogP contribution is 2.54. The maximum atomic E-state index is 11.3. The Bertz CT molecular complexity index is 406. The molecule has 1 saturated carbocycles. The molecule has 80 valence electrons. The van der Waals surface area contributed by atoms with Crippen LogP contribution in [0, 0.1) is 5.92 Å². The first-order valence-corrected chi connectivity index (χ1v) is 5.69. The van der Waals surface area contributed by atoms with Crippen molar-refractivity contribution in [1.29, 1.82) is 0 Å². The average molecular weight is 226 g/mol. The van der Waals surface area contributed by atoms with Gasteiger partial charge in [-0.25, -0.2) is 4.79 Å². The van der Waals surface area contributed by atoms with Crippen molar-refractivity contribution in [3.63, 3.8) is 0 Å². The van der Waals surface area contributed by atoms with Crippen molar-refractivity contribution in [3.8, 4) is 0 Å². The van der Waals surface area contributed by atoms with Gasteiger partial charge in [0.2, 0.25) is 5.91 Å². The molecular weight excluding hydrogens is 216 g/mol. The summed E-state index contributed by atoms with van der Waals surface area (Å²) in [6.07, 6.45) is 1.29. The minimum Gasteiger partial charge on any atom is -0.477 e. The standard InChI is InChI=1S/C9H10N2O3S/c10-4-1-3(4)8-7(9(13)14)11-5(12)2-6(11)15-8/h3-4,6H,1-2,10H2,(H,13,14)/t3?,4?,6-/m1/s1. The van der Waals surface area contributed by atoms with Crippen molar-refractivity contribution in [2.75, 3.05) is 0 Å². The molecule has 1 amide bonds. The number of hydrogen-bond donors (Lipinski definition) is 2. The van der Waals surface area contributed by atoms with Crippen LogP contribution >= 0.6 is 11.8 Å². The van der Waals surface area contributed by atoms with Crippen LogP contribution in [-0.4, -0.2) is 33.3 Å². The Kier molecular flexibility index (Phi) is 1.70. The minimum absolute atomic E-state index is 0.0198. The monoisotopic (exact) mass is 226 g/mol. The smallest absolute Gasteiger partial charge is 0.353 e. The Morgan fingerprint density at radius 2 is 2.27 bits per heavy atom. The van der Waals surface area contributed by atoms with Crippen LogP contribution in [0.25, 0.3) is 0 Å². The minimum atomic E-state index is -1.01. The van der Waals surface area contributed by atoms with Gasteiger partial charge in [-0.05, 0) is 6.42 Å². The molecule has 15 heavy (non-hydrogen) atoms. The molecule has 0 aromatic heterocycles. The SMILES string of the molecule is NC1CC1C1=C(C(=O)O)N2C(=O)C[C@H]2S1. The summed E-state index contributed by atoms with van der Waals surface area (Å²) in [5, 5.41) is 9.10. The molecule has 0 aromatic rings. The highest BCUT2D eigenvalue weighted by Gasteiger charge is 2.53. The van der Waals surface area contributed by atoms with Crippen LogP contribution in [0.5, 0.6) is 0 Å². The largest absolute Gasteiger partial charge is 0.477 e. The molecule has 5 nitrogen and oxygen atoms in total. The fourth-order valence-corrected chi connectivity index (χ4v) is 3.65. The number of thioether (sulfide) groups is 1. The molecule has 2 unspecified atom stereocenters. The number of carbonyl (C=O) groups excluding carboxylic acids is 1. The van der Waals surface area contributed by atoms with Gasteiger partial charge in [0.15, 0.2) is 0 Å². The number of hydrogen-bond acceptors (Lipinski definition) is 4. The number of carbonyl (C=O) groups is 2. The Morgan fingerprint density at radius 1 is 1.60 bits per heavy atom. The first-order valence-electron chi connectivity index (χ1n) is 4.81. The maximum absolute atomic E-state index is 11.3. The molecule has 2 aliphatic heterocycles. The van der Waals surface area contributed by atoms with E-state index < -0.39 is 5.97 Å². The van der Waals surface area contributed by atoms with E-state index in [-0.39, 0.29) is 28.9 Å². The average Bonchev–Trinajstić information content (AvgIpc) is 2.76. The van der Waals surface area contributed by atoms with E-state index in [2.05, 4.69) is 0 Å². The van der Waals surface area contributed by atoms with Crippen LogP contribution in [-0.2, 0) is 9.59 Å². The van der Waals surface area contributed by atoms with E-state index >= 15 is 0 Å². The fraction of sp³-hybridized carbons (Fsp3) is 0.556. The van der Waals surface area contributed by atoms with Crippen LogP contribution in [0.15, 0.2) is 10.6 Å². The van der Waals surface area contributed by atoms with Gasteiger partial charge < -0.3 is 10.8 Å². The fourth-order valence-electron chi connectivity index (χ4n) is 2.06. The van der Waals surface area contributed by atoms with Gasteiger partial charge in [-0.2, -0.15) is 0 Å². The predicted octanol–water partition coefficient (Wildman–Crippen LogP) is -0.0650. The lowest BCUT2D eigenvalue weighted by Crippen LogP contribution is -2.48. The Morgan fingerprint density at radius 3 is 2.73 bits per heavy atom. The van der Waals surface area contributed by atoms with Gasteiger partial charge in [-0.1, -0.05) is 0 Å². The molecule has 3 N–H and O–H groups in total. The normalized spacial score (nSPS) is 37.8. The van der Waals surface area contributed by atoms with Crippen molar-refractivity contribution in [2.24, 2.45) is 11.7 Å². The third kappa shape index (κ3) is 1.15. The highest BCUT2D eigenvalue weighted by atomic mass is 32.2. The Balaban J connectivity index is 1.97. The number of rotatable bonds is 2. The summed E-state index contributed by atoms with van der Waals surface area (Å²) in [5.41, 5.74) is 5.89. The number of carboxylic acids is 1. The van der Waals surface area contributed by atoms with Gasteiger partial charge in [0.1, 0.15) is 5.70 Å². The first kappa shape index (κ1) is 9.23. The van der Waals surface area contributed by atoms with Gasteiger partial charge in [0, 0.05) is 16.9 Å². The molecule has 2 heterocycles. The number of β-lactam (4-membered cyclic amide) rings is 1. The molecule has 0 spiro atoms. The summed E-state index contributed by atoms with van der Waals surface area (Å²) >= 11 is 1.50. The third-order valence-corrected chi connectivity index (χ3v) is 4.42. The van der Waals surface area contributed by atoms with Crippen LogP contribution in [0.4, 0.5) is 0 Å². The molecule has 1 saturated heterocycles. The van der Waals surface area contributed by atoms with Crippen molar-refractivity contribution >= 4 is 23.6 Å².